The van der Waals surface area contributed by atoms with E-state index in [1.807, 2.05) is 26.0 Å². The van der Waals surface area contributed by atoms with Crippen LogP contribution in [0.2, 0.25) is 0 Å². The van der Waals surface area contributed by atoms with Crippen molar-refractivity contribution < 1.29 is 13.9 Å². The van der Waals surface area contributed by atoms with Crippen LogP contribution >= 0.6 is 12.4 Å². The number of rotatable bonds is 1. The molecular formula is C19H20ClNO4. The first-order valence-corrected chi connectivity index (χ1v) is 7.92. The highest BCUT2D eigenvalue weighted by Gasteiger charge is 2.37. The minimum absolute atomic E-state index is 0. The second kappa shape index (κ2) is 5.93. The summed E-state index contributed by atoms with van der Waals surface area (Å²) in [6, 6.07) is 8.77. The van der Waals surface area contributed by atoms with Crippen molar-refractivity contribution in [3.63, 3.8) is 0 Å². The van der Waals surface area contributed by atoms with E-state index in [4.69, 9.17) is 19.6 Å². The lowest BCUT2D eigenvalue weighted by molar-refractivity contribution is 0.0640. The predicted molar refractivity (Wildman–Crippen MR) is 100 cm³/mol. The van der Waals surface area contributed by atoms with Gasteiger partial charge in [0.1, 0.15) is 33.7 Å². The molecule has 1 aliphatic rings. The van der Waals surface area contributed by atoms with Gasteiger partial charge in [-0.15, -0.1) is 12.4 Å². The van der Waals surface area contributed by atoms with Gasteiger partial charge in [0.25, 0.3) is 0 Å². The van der Waals surface area contributed by atoms with E-state index < -0.39 is 5.60 Å². The molecule has 1 unspecified atom stereocenters. The molecule has 132 valence electrons. The van der Waals surface area contributed by atoms with Gasteiger partial charge in [0.15, 0.2) is 0 Å². The molecule has 0 spiro atoms. The summed E-state index contributed by atoms with van der Waals surface area (Å²) in [5.41, 5.74) is 7.52. The van der Waals surface area contributed by atoms with Crippen LogP contribution < -0.4 is 20.6 Å². The van der Waals surface area contributed by atoms with Crippen molar-refractivity contribution in [3.05, 3.63) is 46.1 Å². The first-order chi connectivity index (χ1) is 11.4. The predicted octanol–water partition coefficient (Wildman–Crippen LogP) is 3.42. The molecule has 0 radical (unpaired) electrons. The maximum atomic E-state index is 13.0. The van der Waals surface area contributed by atoms with Crippen LogP contribution in [0.3, 0.4) is 0 Å². The molecule has 2 heterocycles. The SMILES string of the molecule is COc1cc2c(c3oc4ccccc4c(=O)c13)CC(N)C(C)(C)O2.Cl. The van der Waals surface area contributed by atoms with E-state index in [0.717, 1.165) is 5.56 Å². The lowest BCUT2D eigenvalue weighted by Crippen LogP contribution is -2.51. The van der Waals surface area contributed by atoms with Gasteiger partial charge in [0.2, 0.25) is 5.43 Å². The number of benzene rings is 2. The molecule has 0 saturated heterocycles. The number of fused-ring (bicyclic) bond motifs is 4. The van der Waals surface area contributed by atoms with Gasteiger partial charge in [-0.3, -0.25) is 4.79 Å². The molecule has 0 fully saturated rings. The molecule has 1 aromatic heterocycles. The monoisotopic (exact) mass is 361 g/mol. The lowest BCUT2D eigenvalue weighted by atomic mass is 9.88. The van der Waals surface area contributed by atoms with Gasteiger partial charge in [0.05, 0.1) is 12.5 Å². The fourth-order valence-corrected chi connectivity index (χ4v) is 3.24. The average Bonchev–Trinajstić information content (AvgIpc) is 2.55. The Morgan fingerprint density at radius 1 is 1.28 bits per heavy atom. The van der Waals surface area contributed by atoms with Crippen molar-refractivity contribution in [1.29, 1.82) is 0 Å². The molecule has 1 atom stereocenters. The Kier molecular flexibility index (Phi) is 4.17. The Morgan fingerprint density at radius 2 is 2.00 bits per heavy atom. The molecule has 1 aliphatic heterocycles. The first kappa shape index (κ1) is 17.6. The summed E-state index contributed by atoms with van der Waals surface area (Å²) >= 11 is 0. The van der Waals surface area contributed by atoms with Crippen molar-refractivity contribution in [1.82, 2.24) is 0 Å². The topological polar surface area (TPSA) is 74.7 Å². The molecule has 0 saturated carbocycles. The Morgan fingerprint density at radius 3 is 2.72 bits per heavy atom. The van der Waals surface area contributed by atoms with E-state index >= 15 is 0 Å². The van der Waals surface area contributed by atoms with Gasteiger partial charge in [0, 0.05) is 17.7 Å². The summed E-state index contributed by atoms with van der Waals surface area (Å²) in [4.78, 5) is 13.0. The second-order valence-corrected chi connectivity index (χ2v) is 6.70. The van der Waals surface area contributed by atoms with E-state index in [2.05, 4.69) is 0 Å². The zero-order valence-electron chi connectivity index (χ0n) is 14.3. The second-order valence-electron chi connectivity index (χ2n) is 6.70. The van der Waals surface area contributed by atoms with Gasteiger partial charge in [-0.25, -0.2) is 0 Å². The minimum atomic E-state index is -0.497. The minimum Gasteiger partial charge on any atom is -0.496 e. The number of ether oxygens (including phenoxy) is 2. The highest BCUT2D eigenvalue weighted by Crippen LogP contribution is 2.41. The average molecular weight is 362 g/mol. The smallest absolute Gasteiger partial charge is 0.204 e. The number of hydrogen-bond donors (Lipinski definition) is 1. The molecule has 0 aliphatic carbocycles. The number of halogens is 1. The van der Waals surface area contributed by atoms with Gasteiger partial charge in [-0.1, -0.05) is 12.1 Å². The van der Waals surface area contributed by atoms with Crippen molar-refractivity contribution in [2.75, 3.05) is 7.11 Å². The molecule has 0 bridgehead atoms. The number of nitrogens with two attached hydrogens (primary N) is 1. The van der Waals surface area contributed by atoms with Crippen LogP contribution in [0.1, 0.15) is 19.4 Å². The van der Waals surface area contributed by atoms with Crippen molar-refractivity contribution >= 4 is 34.3 Å². The standard InChI is InChI=1S/C19H19NO4.ClH/c1-19(2)15(20)8-11-13(24-19)9-14(22-3)16-17(21)10-6-4-5-7-12(10)23-18(11)16;/h4-7,9,15H,8,20H2,1-3H3;1H. The summed E-state index contributed by atoms with van der Waals surface area (Å²) in [6.07, 6.45) is 0.574. The normalized spacial score (nSPS) is 18.3. The molecular weight excluding hydrogens is 342 g/mol. The van der Waals surface area contributed by atoms with Gasteiger partial charge in [-0.2, -0.15) is 0 Å². The molecule has 4 rings (SSSR count). The van der Waals surface area contributed by atoms with Crippen LogP contribution in [0.15, 0.2) is 39.5 Å². The van der Waals surface area contributed by atoms with Crippen molar-refractivity contribution in [2.45, 2.75) is 31.9 Å². The first-order valence-electron chi connectivity index (χ1n) is 7.92. The molecule has 2 aromatic carbocycles. The summed E-state index contributed by atoms with van der Waals surface area (Å²) in [5, 5.41) is 0.968. The highest BCUT2D eigenvalue weighted by molar-refractivity contribution is 5.96. The highest BCUT2D eigenvalue weighted by atomic mass is 35.5. The molecule has 2 N–H and O–H groups in total. The van der Waals surface area contributed by atoms with E-state index in [9.17, 15) is 4.79 Å². The molecule has 25 heavy (non-hydrogen) atoms. The Bertz CT molecular complexity index is 1030. The molecule has 6 heteroatoms. The summed E-state index contributed by atoms with van der Waals surface area (Å²) in [6.45, 7) is 3.90. The van der Waals surface area contributed by atoms with Gasteiger partial charge >= 0.3 is 0 Å². The van der Waals surface area contributed by atoms with Gasteiger partial charge in [-0.05, 0) is 32.4 Å². The van der Waals surface area contributed by atoms with Crippen LogP contribution in [0.4, 0.5) is 0 Å². The van der Waals surface area contributed by atoms with Crippen LogP contribution in [0, 0.1) is 0 Å². The van der Waals surface area contributed by atoms with E-state index in [0.29, 0.717) is 39.9 Å². The largest absolute Gasteiger partial charge is 0.496 e. The zero-order chi connectivity index (χ0) is 17.1. The van der Waals surface area contributed by atoms with Crippen LogP contribution in [0.5, 0.6) is 11.5 Å². The summed E-state index contributed by atoms with van der Waals surface area (Å²) in [5.74, 6) is 1.11. The quantitative estimate of drug-likeness (QED) is 0.672. The third kappa shape index (κ3) is 2.55. The molecule has 0 amide bonds. The summed E-state index contributed by atoms with van der Waals surface area (Å²) in [7, 11) is 1.54. The van der Waals surface area contributed by atoms with Crippen LogP contribution in [-0.4, -0.2) is 18.8 Å². The Hall–Kier alpha value is -2.24. The maximum Gasteiger partial charge on any atom is 0.204 e. The van der Waals surface area contributed by atoms with E-state index in [1.165, 1.54) is 7.11 Å². The number of hydrogen-bond acceptors (Lipinski definition) is 5. The van der Waals surface area contributed by atoms with Crippen molar-refractivity contribution in [3.8, 4) is 11.5 Å². The molecule has 3 aromatic rings. The maximum absolute atomic E-state index is 13.0. The van der Waals surface area contributed by atoms with E-state index in [1.54, 1.807) is 18.2 Å². The summed E-state index contributed by atoms with van der Waals surface area (Å²) < 4.78 is 17.6. The lowest BCUT2D eigenvalue weighted by Gasteiger charge is -2.38. The Balaban J connectivity index is 0.00000182. The third-order valence-electron chi connectivity index (χ3n) is 4.79. The number of para-hydroxylation sites is 1. The Labute approximate surface area is 151 Å². The zero-order valence-corrected chi connectivity index (χ0v) is 15.1. The number of methoxy groups -OCH3 is 1. The molecule has 5 nitrogen and oxygen atoms in total. The fraction of sp³-hybridized carbons (Fsp3) is 0.316. The van der Waals surface area contributed by atoms with E-state index in [-0.39, 0.29) is 23.9 Å². The van der Waals surface area contributed by atoms with Crippen LogP contribution in [-0.2, 0) is 6.42 Å². The fourth-order valence-electron chi connectivity index (χ4n) is 3.24. The van der Waals surface area contributed by atoms with Gasteiger partial charge < -0.3 is 19.6 Å². The third-order valence-corrected chi connectivity index (χ3v) is 4.79. The van der Waals surface area contributed by atoms with Crippen molar-refractivity contribution in [2.24, 2.45) is 5.73 Å². The van der Waals surface area contributed by atoms with Crippen LogP contribution in [0.25, 0.3) is 21.9 Å².